The number of rotatable bonds is 2. The maximum Gasteiger partial charge on any atom is 0.254 e. The molecular weight excluding hydrogens is 420 g/mol. The van der Waals surface area contributed by atoms with Crippen molar-refractivity contribution in [1.29, 1.82) is 0 Å². The Morgan fingerprint density at radius 2 is 1.90 bits per heavy atom. The minimum atomic E-state index is -0.194. The number of hydrogen-bond donors (Lipinski definition) is 0. The van der Waals surface area contributed by atoms with Crippen LogP contribution in [0.25, 0.3) is 0 Å². The Bertz CT molecular complexity index is 1010. The molecule has 0 aliphatic carbocycles. The molecule has 4 rings (SSSR count). The molecule has 2 aliphatic rings. The van der Waals surface area contributed by atoms with E-state index >= 15 is 0 Å². The number of anilines is 1. The summed E-state index contributed by atoms with van der Waals surface area (Å²) in [5.41, 5.74) is 1.64. The number of fused-ring (bicyclic) bond motifs is 1. The first kappa shape index (κ1) is 21.2. The van der Waals surface area contributed by atoms with E-state index in [1.807, 2.05) is 29.2 Å². The highest BCUT2D eigenvalue weighted by Gasteiger charge is 2.32. The third-order valence-electron chi connectivity index (χ3n) is 5.67. The number of hydrogen-bond acceptors (Lipinski definition) is 5. The van der Waals surface area contributed by atoms with Crippen LogP contribution in [0.3, 0.4) is 0 Å². The standard InChI is InChI=1S/C22H27ClN4O2S/c1-22(2,3)18-12-19(28)27-13-15(14-30-21(27)24-18)20(29)26-9-7-25(8-10-26)17-6-4-5-16(23)11-17/h4-6,11-12,15H,7-10,13-14H2,1-3H3. The molecule has 1 amide bonds. The van der Waals surface area contributed by atoms with E-state index in [0.29, 0.717) is 25.4 Å². The fourth-order valence-corrected chi connectivity index (χ4v) is 5.13. The number of benzene rings is 1. The first-order chi connectivity index (χ1) is 14.2. The van der Waals surface area contributed by atoms with E-state index in [2.05, 4.69) is 30.7 Å². The van der Waals surface area contributed by atoms with Gasteiger partial charge in [-0.1, -0.05) is 50.2 Å². The Morgan fingerprint density at radius 3 is 2.57 bits per heavy atom. The molecule has 1 aromatic carbocycles. The largest absolute Gasteiger partial charge is 0.368 e. The van der Waals surface area contributed by atoms with Crippen molar-refractivity contribution in [2.75, 3.05) is 36.8 Å². The summed E-state index contributed by atoms with van der Waals surface area (Å²) in [5.74, 6) is 0.596. The summed E-state index contributed by atoms with van der Waals surface area (Å²) >= 11 is 7.62. The summed E-state index contributed by atoms with van der Waals surface area (Å²) in [6.45, 7) is 9.47. The number of carbonyl (C=O) groups is 1. The summed E-state index contributed by atoms with van der Waals surface area (Å²) in [7, 11) is 0. The number of nitrogens with zero attached hydrogens (tertiary/aromatic N) is 4. The molecular formula is C22H27ClN4O2S. The van der Waals surface area contributed by atoms with Gasteiger partial charge in [-0.3, -0.25) is 14.2 Å². The number of thioether (sulfide) groups is 1. The maximum atomic E-state index is 13.1. The molecule has 0 saturated carbocycles. The third kappa shape index (κ3) is 4.37. The summed E-state index contributed by atoms with van der Waals surface area (Å²) in [6.07, 6.45) is 0. The molecule has 0 radical (unpaired) electrons. The molecule has 1 saturated heterocycles. The average Bonchev–Trinajstić information content (AvgIpc) is 2.72. The van der Waals surface area contributed by atoms with Crippen molar-refractivity contribution in [1.82, 2.24) is 14.5 Å². The second-order valence-electron chi connectivity index (χ2n) is 8.92. The lowest BCUT2D eigenvalue weighted by Crippen LogP contribution is -2.52. The highest BCUT2D eigenvalue weighted by molar-refractivity contribution is 7.99. The molecule has 1 atom stereocenters. The SMILES string of the molecule is CC(C)(C)c1cc(=O)n2c(n1)SCC(C(=O)N1CCN(c3cccc(Cl)c3)CC1)C2. The van der Waals surface area contributed by atoms with Crippen LogP contribution in [0.15, 0.2) is 40.3 Å². The zero-order valence-electron chi connectivity index (χ0n) is 17.6. The highest BCUT2D eigenvalue weighted by atomic mass is 35.5. The number of piperazine rings is 1. The van der Waals surface area contributed by atoms with E-state index in [1.165, 1.54) is 11.8 Å². The Kier molecular flexibility index (Phi) is 5.86. The lowest BCUT2D eigenvalue weighted by Gasteiger charge is -2.38. The minimum absolute atomic E-state index is 0.0688. The zero-order chi connectivity index (χ0) is 21.5. The molecule has 0 bridgehead atoms. The lowest BCUT2D eigenvalue weighted by atomic mass is 9.92. The third-order valence-corrected chi connectivity index (χ3v) is 7.05. The van der Waals surface area contributed by atoms with E-state index in [4.69, 9.17) is 11.6 Å². The van der Waals surface area contributed by atoms with Gasteiger partial charge in [-0.2, -0.15) is 0 Å². The van der Waals surface area contributed by atoms with Gasteiger partial charge in [0, 0.05) is 60.7 Å². The maximum absolute atomic E-state index is 13.1. The molecule has 8 heteroatoms. The van der Waals surface area contributed by atoms with Crippen molar-refractivity contribution in [3.63, 3.8) is 0 Å². The van der Waals surface area contributed by atoms with Crippen LogP contribution in [-0.2, 0) is 16.8 Å². The predicted octanol–water partition coefficient (Wildman–Crippen LogP) is 3.26. The smallest absolute Gasteiger partial charge is 0.254 e. The van der Waals surface area contributed by atoms with Crippen molar-refractivity contribution in [2.45, 2.75) is 37.9 Å². The van der Waals surface area contributed by atoms with Crippen LogP contribution in [0.1, 0.15) is 26.5 Å². The molecule has 0 spiro atoms. The molecule has 1 fully saturated rings. The predicted molar refractivity (Wildman–Crippen MR) is 122 cm³/mol. The molecule has 160 valence electrons. The van der Waals surface area contributed by atoms with Gasteiger partial charge in [0.05, 0.1) is 11.6 Å². The van der Waals surface area contributed by atoms with Crippen LogP contribution in [0, 0.1) is 5.92 Å². The van der Waals surface area contributed by atoms with Crippen molar-refractivity contribution in [2.24, 2.45) is 5.92 Å². The van der Waals surface area contributed by atoms with Gasteiger partial charge >= 0.3 is 0 Å². The van der Waals surface area contributed by atoms with Crippen LogP contribution < -0.4 is 10.5 Å². The number of carbonyl (C=O) groups excluding carboxylic acids is 1. The number of amides is 1. The van der Waals surface area contributed by atoms with E-state index in [0.717, 1.165) is 34.6 Å². The van der Waals surface area contributed by atoms with Gasteiger partial charge in [0.15, 0.2) is 5.16 Å². The molecule has 0 N–H and O–H groups in total. The van der Waals surface area contributed by atoms with Gasteiger partial charge < -0.3 is 9.80 Å². The Morgan fingerprint density at radius 1 is 1.17 bits per heavy atom. The van der Waals surface area contributed by atoms with Crippen molar-refractivity contribution in [3.8, 4) is 0 Å². The molecule has 2 aliphatic heterocycles. The zero-order valence-corrected chi connectivity index (χ0v) is 19.2. The van der Waals surface area contributed by atoms with Crippen molar-refractivity contribution < 1.29 is 4.79 Å². The number of halogens is 1. The van der Waals surface area contributed by atoms with Gasteiger partial charge in [-0.25, -0.2) is 4.98 Å². The summed E-state index contributed by atoms with van der Waals surface area (Å²) < 4.78 is 1.66. The van der Waals surface area contributed by atoms with E-state index in [-0.39, 0.29) is 22.8 Å². The lowest BCUT2D eigenvalue weighted by molar-refractivity contribution is -0.135. The fourth-order valence-electron chi connectivity index (χ4n) is 3.86. The normalized spacial score (nSPS) is 19.5. The molecule has 3 heterocycles. The molecule has 1 aromatic heterocycles. The monoisotopic (exact) mass is 446 g/mol. The fraction of sp³-hybridized carbons (Fsp3) is 0.500. The summed E-state index contributed by atoms with van der Waals surface area (Å²) in [6, 6.07) is 9.43. The van der Waals surface area contributed by atoms with Crippen LogP contribution in [0.4, 0.5) is 5.69 Å². The van der Waals surface area contributed by atoms with Crippen LogP contribution in [0.2, 0.25) is 5.02 Å². The van der Waals surface area contributed by atoms with Crippen LogP contribution in [-0.4, -0.2) is 52.3 Å². The van der Waals surface area contributed by atoms with Crippen molar-refractivity contribution in [3.05, 3.63) is 51.4 Å². The highest BCUT2D eigenvalue weighted by Crippen LogP contribution is 2.29. The van der Waals surface area contributed by atoms with Gasteiger partial charge in [0.2, 0.25) is 5.91 Å². The molecule has 30 heavy (non-hydrogen) atoms. The Hall–Kier alpha value is -1.99. The Labute approximate surface area is 186 Å². The van der Waals surface area contributed by atoms with Crippen LogP contribution >= 0.6 is 23.4 Å². The Balaban J connectivity index is 1.42. The molecule has 6 nitrogen and oxygen atoms in total. The first-order valence-corrected chi connectivity index (χ1v) is 11.6. The van der Waals surface area contributed by atoms with Crippen LogP contribution in [0.5, 0.6) is 0 Å². The quantitative estimate of drug-likeness (QED) is 0.662. The van der Waals surface area contributed by atoms with E-state index < -0.39 is 0 Å². The second kappa shape index (κ2) is 8.27. The molecule has 2 aromatic rings. The summed E-state index contributed by atoms with van der Waals surface area (Å²) in [4.78, 5) is 34.7. The topological polar surface area (TPSA) is 58.4 Å². The van der Waals surface area contributed by atoms with E-state index in [9.17, 15) is 9.59 Å². The van der Waals surface area contributed by atoms with Gasteiger partial charge in [0.1, 0.15) is 0 Å². The van der Waals surface area contributed by atoms with Crippen molar-refractivity contribution >= 4 is 35.0 Å². The molecule has 1 unspecified atom stereocenters. The first-order valence-electron chi connectivity index (χ1n) is 10.3. The van der Waals surface area contributed by atoms with Gasteiger partial charge in [0.25, 0.3) is 5.56 Å². The van der Waals surface area contributed by atoms with Gasteiger partial charge in [-0.15, -0.1) is 0 Å². The number of aromatic nitrogens is 2. The van der Waals surface area contributed by atoms with E-state index in [1.54, 1.807) is 10.6 Å². The summed E-state index contributed by atoms with van der Waals surface area (Å²) in [5, 5.41) is 1.44. The van der Waals surface area contributed by atoms with Gasteiger partial charge in [-0.05, 0) is 18.2 Å². The minimum Gasteiger partial charge on any atom is -0.368 e. The second-order valence-corrected chi connectivity index (χ2v) is 10.3. The average molecular weight is 447 g/mol.